The summed E-state index contributed by atoms with van der Waals surface area (Å²) in [6, 6.07) is 12.1. The standard InChI is InChI=1S/C32H36ClN3O8S.Na/c1-35(17-19-45(41,42)43)29(37)9-5-3-4-6-10-30(38)44-18-7-8-23-13-16-28-26(20-23)31(39)27(22-36(28)2)32(40)34-21-24-11-14-25(33)15-12-24;/h11-16,20,22H,3-6,9-10,17-19,21H2,1-2H3,(H,34,40)(H,41,42,43);/q;+1/p-1. The van der Waals surface area contributed by atoms with Crippen LogP contribution in [0.1, 0.15) is 60.0 Å². The van der Waals surface area contributed by atoms with Crippen LogP contribution in [0.25, 0.3) is 10.9 Å². The van der Waals surface area contributed by atoms with Crippen LogP contribution in [-0.2, 0) is 38.0 Å². The molecule has 0 fully saturated rings. The molecule has 2 aromatic carbocycles. The van der Waals surface area contributed by atoms with Crippen molar-refractivity contribution in [3.63, 3.8) is 0 Å². The number of esters is 1. The number of rotatable bonds is 14. The number of pyridine rings is 1. The van der Waals surface area contributed by atoms with Gasteiger partial charge in [0.15, 0.2) is 6.61 Å². The minimum atomic E-state index is -4.36. The third-order valence-electron chi connectivity index (χ3n) is 6.96. The van der Waals surface area contributed by atoms with Crippen LogP contribution in [-0.4, -0.2) is 66.2 Å². The molecule has 0 unspecified atom stereocenters. The zero-order chi connectivity index (χ0) is 33.0. The van der Waals surface area contributed by atoms with Crippen molar-refractivity contribution >= 4 is 50.4 Å². The van der Waals surface area contributed by atoms with E-state index >= 15 is 0 Å². The van der Waals surface area contributed by atoms with Crippen molar-refractivity contribution in [3.8, 4) is 11.8 Å². The summed E-state index contributed by atoms with van der Waals surface area (Å²) in [7, 11) is -1.16. The van der Waals surface area contributed by atoms with Gasteiger partial charge in [-0.25, -0.2) is 8.42 Å². The van der Waals surface area contributed by atoms with Crippen molar-refractivity contribution in [1.29, 1.82) is 0 Å². The van der Waals surface area contributed by atoms with Crippen LogP contribution in [0.15, 0.2) is 53.5 Å². The van der Waals surface area contributed by atoms with Gasteiger partial charge in [-0.15, -0.1) is 0 Å². The normalized spacial score (nSPS) is 10.8. The zero-order valence-corrected chi connectivity index (χ0v) is 29.7. The molecule has 0 saturated carbocycles. The average Bonchev–Trinajstić information content (AvgIpc) is 3.00. The number of unbranched alkanes of at least 4 members (excludes halogenated alkanes) is 3. The number of carbonyl (C=O) groups is 3. The summed E-state index contributed by atoms with van der Waals surface area (Å²) >= 11 is 5.90. The van der Waals surface area contributed by atoms with Crippen LogP contribution in [0.2, 0.25) is 5.02 Å². The fourth-order valence-corrected chi connectivity index (χ4v) is 5.03. The Morgan fingerprint density at radius 3 is 2.39 bits per heavy atom. The van der Waals surface area contributed by atoms with Gasteiger partial charge in [0.25, 0.3) is 5.91 Å². The first-order chi connectivity index (χ1) is 21.3. The molecule has 1 aromatic heterocycles. The maximum Gasteiger partial charge on any atom is 1.00 e. The Morgan fingerprint density at radius 1 is 1.04 bits per heavy atom. The van der Waals surface area contributed by atoms with Crippen molar-refractivity contribution in [2.45, 2.75) is 45.1 Å². The van der Waals surface area contributed by atoms with E-state index in [0.29, 0.717) is 47.2 Å². The Hall–Kier alpha value is -3.18. The molecule has 0 atom stereocenters. The molecule has 0 aliphatic heterocycles. The van der Waals surface area contributed by atoms with E-state index in [1.165, 1.54) is 18.1 Å². The second kappa shape index (κ2) is 18.8. The molecule has 1 heterocycles. The van der Waals surface area contributed by atoms with Gasteiger partial charge in [0.1, 0.15) is 5.56 Å². The van der Waals surface area contributed by atoms with Crippen LogP contribution >= 0.6 is 11.6 Å². The van der Waals surface area contributed by atoms with E-state index in [4.69, 9.17) is 16.3 Å². The molecule has 11 nitrogen and oxygen atoms in total. The molecule has 3 aromatic rings. The molecule has 240 valence electrons. The van der Waals surface area contributed by atoms with Crippen molar-refractivity contribution in [2.24, 2.45) is 7.05 Å². The van der Waals surface area contributed by atoms with Crippen molar-refractivity contribution < 1.29 is 61.6 Å². The van der Waals surface area contributed by atoms with E-state index in [-0.39, 0.29) is 73.6 Å². The number of hydrogen-bond donors (Lipinski definition) is 1. The second-order valence-electron chi connectivity index (χ2n) is 10.5. The molecule has 46 heavy (non-hydrogen) atoms. The van der Waals surface area contributed by atoms with Crippen LogP contribution in [0.5, 0.6) is 0 Å². The van der Waals surface area contributed by atoms with E-state index in [0.717, 1.165) is 5.56 Å². The molecule has 14 heteroatoms. The van der Waals surface area contributed by atoms with Crippen molar-refractivity contribution in [1.82, 2.24) is 14.8 Å². The number of fused-ring (bicyclic) bond motifs is 1. The number of nitrogens with one attached hydrogen (secondary N) is 1. The molecule has 0 radical (unpaired) electrons. The predicted molar refractivity (Wildman–Crippen MR) is 170 cm³/mol. The van der Waals surface area contributed by atoms with Gasteiger partial charge in [0, 0.05) is 62.2 Å². The number of aryl methyl sites for hydroxylation is 1. The number of benzene rings is 2. The predicted octanol–water partition coefficient (Wildman–Crippen LogP) is 0.365. The fourth-order valence-electron chi connectivity index (χ4n) is 4.40. The van der Waals surface area contributed by atoms with Crippen molar-refractivity contribution in [2.75, 3.05) is 26.0 Å². The van der Waals surface area contributed by atoms with Gasteiger partial charge in [-0.2, -0.15) is 0 Å². The molecule has 0 saturated heterocycles. The van der Waals surface area contributed by atoms with Crippen LogP contribution in [0, 0.1) is 11.8 Å². The maximum absolute atomic E-state index is 13.2. The summed E-state index contributed by atoms with van der Waals surface area (Å²) in [5, 5.41) is 3.69. The zero-order valence-electron chi connectivity index (χ0n) is 26.1. The Labute approximate surface area is 295 Å². The molecule has 0 aliphatic rings. The molecule has 1 N–H and O–H groups in total. The number of carbonyl (C=O) groups excluding carboxylic acids is 3. The van der Waals surface area contributed by atoms with Crippen LogP contribution in [0.3, 0.4) is 0 Å². The summed E-state index contributed by atoms with van der Waals surface area (Å²) in [5.41, 5.74) is 1.60. The van der Waals surface area contributed by atoms with Gasteiger partial charge in [-0.05, 0) is 48.7 Å². The smallest absolute Gasteiger partial charge is 0.748 e. The van der Waals surface area contributed by atoms with Gasteiger partial charge in [-0.3, -0.25) is 19.2 Å². The first-order valence-corrected chi connectivity index (χ1v) is 16.3. The number of ether oxygens (including phenoxy) is 1. The van der Waals surface area contributed by atoms with E-state index in [1.807, 2.05) is 0 Å². The number of aromatic nitrogens is 1. The summed E-state index contributed by atoms with van der Waals surface area (Å²) in [6.45, 7) is -0.0185. The van der Waals surface area contributed by atoms with Gasteiger partial charge in [0.2, 0.25) is 11.3 Å². The number of hydrogen-bond acceptors (Lipinski definition) is 8. The first kappa shape index (κ1) is 39.0. The van der Waals surface area contributed by atoms with Gasteiger partial charge >= 0.3 is 35.5 Å². The van der Waals surface area contributed by atoms with E-state index in [9.17, 15) is 32.1 Å². The van der Waals surface area contributed by atoms with E-state index in [2.05, 4.69) is 17.2 Å². The number of amides is 2. The molecule has 3 rings (SSSR count). The topological polar surface area (TPSA) is 155 Å². The van der Waals surface area contributed by atoms with Gasteiger partial charge in [0.05, 0.1) is 21.4 Å². The maximum atomic E-state index is 13.2. The van der Waals surface area contributed by atoms with E-state index < -0.39 is 33.2 Å². The van der Waals surface area contributed by atoms with Gasteiger partial charge < -0.3 is 24.1 Å². The Kier molecular flexibility index (Phi) is 16.0. The Bertz CT molecular complexity index is 1770. The largest absolute Gasteiger partial charge is 1.00 e. The van der Waals surface area contributed by atoms with Crippen molar-refractivity contribution in [3.05, 3.63) is 80.6 Å². The molecule has 0 spiro atoms. The third-order valence-corrected chi connectivity index (χ3v) is 7.90. The van der Waals surface area contributed by atoms with Crippen LogP contribution < -0.4 is 40.3 Å². The average molecular weight is 680 g/mol. The molecule has 0 aliphatic carbocycles. The van der Waals surface area contributed by atoms with Crippen LogP contribution in [0.4, 0.5) is 0 Å². The first-order valence-electron chi connectivity index (χ1n) is 14.3. The monoisotopic (exact) mass is 679 g/mol. The Balaban J connectivity index is 0.00000736. The summed E-state index contributed by atoms with van der Waals surface area (Å²) in [5.74, 6) is 3.91. The Morgan fingerprint density at radius 2 is 1.72 bits per heavy atom. The third kappa shape index (κ3) is 12.9. The molecule has 0 bridgehead atoms. The molecule has 2 amide bonds. The SMILES string of the molecule is CN(CCS(=O)(=O)[O-])C(=O)CCCCCCC(=O)OCC#Cc1ccc2c(c1)c(=O)c(C(=O)NCc1ccc(Cl)cc1)cn2C.[Na+]. The molecular weight excluding hydrogens is 645 g/mol. The minimum absolute atomic E-state index is 0. The number of nitrogens with zero attached hydrogens (tertiary/aromatic N) is 2. The second-order valence-corrected chi connectivity index (χ2v) is 12.4. The van der Waals surface area contributed by atoms with E-state index in [1.54, 1.807) is 54.1 Å². The fraction of sp³-hybridized carbons (Fsp3) is 0.375. The van der Waals surface area contributed by atoms with Gasteiger partial charge in [-0.1, -0.05) is 48.4 Å². The number of halogens is 1. The summed E-state index contributed by atoms with van der Waals surface area (Å²) in [4.78, 5) is 51.2. The minimum Gasteiger partial charge on any atom is -0.748 e. The summed E-state index contributed by atoms with van der Waals surface area (Å²) < 4.78 is 38.9. The quantitative estimate of drug-likeness (QED) is 0.0843. The summed E-state index contributed by atoms with van der Waals surface area (Å²) in [6.07, 6.45) is 4.51. The molecular formula is C32H35ClN3NaO8S.